The van der Waals surface area contributed by atoms with E-state index in [1.807, 2.05) is 36.4 Å². The zero-order valence-electron chi connectivity index (χ0n) is 12.0. The van der Waals surface area contributed by atoms with Gasteiger partial charge in [-0.25, -0.2) is 0 Å². The summed E-state index contributed by atoms with van der Waals surface area (Å²) in [6, 6.07) is 11.6. The molecular formula is C16H17NO4. The predicted molar refractivity (Wildman–Crippen MR) is 79.4 cm³/mol. The van der Waals surface area contributed by atoms with Crippen molar-refractivity contribution < 1.29 is 18.9 Å². The van der Waals surface area contributed by atoms with Crippen molar-refractivity contribution >= 4 is 5.69 Å². The van der Waals surface area contributed by atoms with Crippen LogP contribution in [0.5, 0.6) is 23.0 Å². The Morgan fingerprint density at radius 1 is 1.05 bits per heavy atom. The van der Waals surface area contributed by atoms with Crippen molar-refractivity contribution in [1.82, 2.24) is 0 Å². The van der Waals surface area contributed by atoms with E-state index in [1.165, 1.54) is 0 Å². The van der Waals surface area contributed by atoms with E-state index in [0.717, 1.165) is 22.7 Å². The molecule has 110 valence electrons. The van der Waals surface area contributed by atoms with Crippen molar-refractivity contribution in [2.24, 2.45) is 0 Å². The first kappa shape index (κ1) is 13.4. The molecule has 0 unspecified atom stereocenters. The fraction of sp³-hybridized carbons (Fsp3) is 0.250. The molecule has 2 aromatic rings. The van der Waals surface area contributed by atoms with Gasteiger partial charge in [-0.2, -0.15) is 0 Å². The van der Waals surface area contributed by atoms with Crippen LogP contribution >= 0.6 is 0 Å². The SMILES string of the molecule is COc1ccc(NCc2cccc3c2OCO3)cc1OC. The average molecular weight is 287 g/mol. The zero-order chi connectivity index (χ0) is 14.7. The molecule has 0 fully saturated rings. The number of anilines is 1. The fourth-order valence-corrected chi connectivity index (χ4v) is 2.27. The number of hydrogen-bond acceptors (Lipinski definition) is 5. The Morgan fingerprint density at radius 3 is 2.71 bits per heavy atom. The van der Waals surface area contributed by atoms with E-state index in [2.05, 4.69) is 5.32 Å². The first-order valence-corrected chi connectivity index (χ1v) is 6.65. The first-order chi connectivity index (χ1) is 10.3. The Labute approximate surface area is 123 Å². The van der Waals surface area contributed by atoms with Gasteiger partial charge >= 0.3 is 0 Å². The van der Waals surface area contributed by atoms with Gasteiger partial charge in [-0.1, -0.05) is 12.1 Å². The smallest absolute Gasteiger partial charge is 0.231 e. The summed E-state index contributed by atoms with van der Waals surface area (Å²) in [5.74, 6) is 3.01. The molecule has 0 atom stereocenters. The number of ether oxygens (including phenoxy) is 4. The maximum atomic E-state index is 5.49. The molecule has 0 saturated heterocycles. The lowest BCUT2D eigenvalue weighted by Gasteiger charge is -2.12. The van der Waals surface area contributed by atoms with E-state index in [0.29, 0.717) is 18.0 Å². The molecule has 1 heterocycles. The van der Waals surface area contributed by atoms with E-state index in [9.17, 15) is 0 Å². The molecule has 21 heavy (non-hydrogen) atoms. The van der Waals surface area contributed by atoms with Gasteiger partial charge in [0.15, 0.2) is 23.0 Å². The van der Waals surface area contributed by atoms with E-state index in [-0.39, 0.29) is 6.79 Å². The van der Waals surface area contributed by atoms with Crippen LogP contribution in [0.1, 0.15) is 5.56 Å². The quantitative estimate of drug-likeness (QED) is 0.916. The van der Waals surface area contributed by atoms with Gasteiger partial charge in [0.2, 0.25) is 6.79 Å². The van der Waals surface area contributed by atoms with Crippen LogP contribution in [-0.4, -0.2) is 21.0 Å². The molecule has 1 N–H and O–H groups in total. The highest BCUT2D eigenvalue weighted by molar-refractivity contribution is 5.56. The third-order valence-electron chi connectivity index (χ3n) is 3.34. The Kier molecular flexibility index (Phi) is 3.73. The Morgan fingerprint density at radius 2 is 1.90 bits per heavy atom. The van der Waals surface area contributed by atoms with Crippen molar-refractivity contribution in [1.29, 1.82) is 0 Å². The van der Waals surface area contributed by atoms with Crippen LogP contribution < -0.4 is 24.3 Å². The third-order valence-corrected chi connectivity index (χ3v) is 3.34. The number of fused-ring (bicyclic) bond motifs is 1. The molecule has 1 aliphatic heterocycles. The molecule has 0 amide bonds. The summed E-state index contributed by atoms with van der Waals surface area (Å²) in [6.45, 7) is 0.921. The van der Waals surface area contributed by atoms with Crippen molar-refractivity contribution in [3.05, 3.63) is 42.0 Å². The first-order valence-electron chi connectivity index (χ1n) is 6.65. The Hall–Kier alpha value is -2.56. The van der Waals surface area contributed by atoms with Crippen LogP contribution in [0.4, 0.5) is 5.69 Å². The van der Waals surface area contributed by atoms with Crippen molar-refractivity contribution in [2.45, 2.75) is 6.54 Å². The minimum atomic E-state index is 0.280. The largest absolute Gasteiger partial charge is 0.493 e. The third kappa shape index (κ3) is 2.67. The fourth-order valence-electron chi connectivity index (χ4n) is 2.27. The van der Waals surface area contributed by atoms with E-state index in [1.54, 1.807) is 14.2 Å². The lowest BCUT2D eigenvalue weighted by Crippen LogP contribution is -2.02. The van der Waals surface area contributed by atoms with E-state index < -0.39 is 0 Å². The van der Waals surface area contributed by atoms with Crippen LogP contribution in [0, 0.1) is 0 Å². The zero-order valence-corrected chi connectivity index (χ0v) is 12.0. The van der Waals surface area contributed by atoms with Gasteiger partial charge in [0.05, 0.1) is 14.2 Å². The molecule has 2 aromatic carbocycles. The second-order valence-electron chi connectivity index (χ2n) is 4.57. The maximum Gasteiger partial charge on any atom is 0.231 e. The molecule has 5 nitrogen and oxygen atoms in total. The number of para-hydroxylation sites is 1. The summed E-state index contributed by atoms with van der Waals surface area (Å²) >= 11 is 0. The maximum absolute atomic E-state index is 5.49. The molecule has 0 radical (unpaired) electrons. The standard InChI is InChI=1S/C16H17NO4/c1-18-13-7-6-12(8-15(13)19-2)17-9-11-4-3-5-14-16(11)21-10-20-14/h3-8,17H,9-10H2,1-2H3. The molecule has 0 aromatic heterocycles. The molecule has 1 aliphatic rings. The van der Waals surface area contributed by atoms with Gasteiger partial charge in [0, 0.05) is 23.9 Å². The summed E-state index contributed by atoms with van der Waals surface area (Å²) in [4.78, 5) is 0. The number of nitrogens with one attached hydrogen (secondary N) is 1. The highest BCUT2D eigenvalue weighted by Crippen LogP contribution is 2.36. The predicted octanol–water partition coefficient (Wildman–Crippen LogP) is 3.04. The molecule has 0 bridgehead atoms. The molecule has 0 spiro atoms. The summed E-state index contributed by atoms with van der Waals surface area (Å²) in [5.41, 5.74) is 2.00. The van der Waals surface area contributed by atoms with Crippen LogP contribution in [0.25, 0.3) is 0 Å². The van der Waals surface area contributed by atoms with Gasteiger partial charge in [0.25, 0.3) is 0 Å². The molecule has 0 saturated carbocycles. The molecule has 0 aliphatic carbocycles. The number of methoxy groups -OCH3 is 2. The lowest BCUT2D eigenvalue weighted by atomic mass is 10.2. The Bertz CT molecular complexity index is 642. The topological polar surface area (TPSA) is 49.0 Å². The van der Waals surface area contributed by atoms with Crippen LogP contribution in [0.3, 0.4) is 0 Å². The van der Waals surface area contributed by atoms with Crippen LogP contribution in [0.15, 0.2) is 36.4 Å². The lowest BCUT2D eigenvalue weighted by molar-refractivity contribution is 0.173. The van der Waals surface area contributed by atoms with Gasteiger partial charge in [-0.05, 0) is 18.2 Å². The highest BCUT2D eigenvalue weighted by Gasteiger charge is 2.16. The van der Waals surface area contributed by atoms with Gasteiger partial charge in [0.1, 0.15) is 0 Å². The van der Waals surface area contributed by atoms with Crippen LogP contribution in [0.2, 0.25) is 0 Å². The molecular weight excluding hydrogens is 270 g/mol. The van der Waals surface area contributed by atoms with Crippen molar-refractivity contribution in [3.63, 3.8) is 0 Å². The number of benzene rings is 2. The van der Waals surface area contributed by atoms with E-state index >= 15 is 0 Å². The second-order valence-corrected chi connectivity index (χ2v) is 4.57. The number of rotatable bonds is 5. The average Bonchev–Trinajstić information content (AvgIpc) is 3.01. The van der Waals surface area contributed by atoms with Crippen molar-refractivity contribution in [2.75, 3.05) is 26.3 Å². The minimum absolute atomic E-state index is 0.280. The van der Waals surface area contributed by atoms with Crippen molar-refractivity contribution in [3.8, 4) is 23.0 Å². The highest BCUT2D eigenvalue weighted by atomic mass is 16.7. The summed E-state index contributed by atoms with van der Waals surface area (Å²) in [7, 11) is 3.24. The monoisotopic (exact) mass is 287 g/mol. The summed E-state index contributed by atoms with van der Waals surface area (Å²) in [5, 5.41) is 3.35. The molecule has 5 heteroatoms. The minimum Gasteiger partial charge on any atom is -0.493 e. The number of hydrogen-bond donors (Lipinski definition) is 1. The summed E-state index contributed by atoms with van der Waals surface area (Å²) < 4.78 is 21.4. The molecule has 3 rings (SSSR count). The second kappa shape index (κ2) is 5.83. The van der Waals surface area contributed by atoms with Gasteiger partial charge < -0.3 is 24.3 Å². The van der Waals surface area contributed by atoms with Gasteiger partial charge in [-0.3, -0.25) is 0 Å². The Balaban J connectivity index is 1.75. The van der Waals surface area contributed by atoms with Gasteiger partial charge in [-0.15, -0.1) is 0 Å². The summed E-state index contributed by atoms with van der Waals surface area (Å²) in [6.07, 6.45) is 0. The normalized spacial score (nSPS) is 12.1. The van der Waals surface area contributed by atoms with Crippen LogP contribution in [-0.2, 0) is 6.54 Å². The van der Waals surface area contributed by atoms with E-state index in [4.69, 9.17) is 18.9 Å².